The lowest BCUT2D eigenvalue weighted by Gasteiger charge is -2.01. The van der Waals surface area contributed by atoms with Crippen LogP contribution < -0.4 is 11.2 Å². The Hall–Kier alpha value is -1.85. The SMILES string of the molecule is CCCc1c(C(=O)O)[nH]c(=O)[nH]c1=O. The molecule has 76 valence electrons. The van der Waals surface area contributed by atoms with Crippen LogP contribution in [0.4, 0.5) is 0 Å². The molecule has 0 aromatic carbocycles. The number of H-pyrrole nitrogens is 2. The molecular weight excluding hydrogens is 188 g/mol. The third-order valence-corrected chi connectivity index (χ3v) is 1.76. The summed E-state index contributed by atoms with van der Waals surface area (Å²) in [6, 6.07) is 0. The summed E-state index contributed by atoms with van der Waals surface area (Å²) in [5, 5.41) is 8.72. The first-order valence-electron chi connectivity index (χ1n) is 4.15. The lowest BCUT2D eigenvalue weighted by Crippen LogP contribution is -2.29. The summed E-state index contributed by atoms with van der Waals surface area (Å²) in [6.07, 6.45) is 0.961. The molecule has 0 fully saturated rings. The van der Waals surface area contributed by atoms with Crippen molar-refractivity contribution in [3.63, 3.8) is 0 Å². The molecule has 0 amide bonds. The summed E-state index contributed by atoms with van der Waals surface area (Å²) < 4.78 is 0. The van der Waals surface area contributed by atoms with Crippen LogP contribution in [0.25, 0.3) is 0 Å². The van der Waals surface area contributed by atoms with Crippen molar-refractivity contribution < 1.29 is 9.90 Å². The van der Waals surface area contributed by atoms with Crippen molar-refractivity contribution in [2.75, 3.05) is 0 Å². The fourth-order valence-corrected chi connectivity index (χ4v) is 1.18. The van der Waals surface area contributed by atoms with Crippen LogP contribution in [0, 0.1) is 0 Å². The van der Waals surface area contributed by atoms with Gasteiger partial charge in [0.25, 0.3) is 5.56 Å². The predicted molar refractivity (Wildman–Crippen MR) is 48.6 cm³/mol. The molecule has 0 saturated heterocycles. The molecular formula is C8H10N2O4. The van der Waals surface area contributed by atoms with E-state index in [0.717, 1.165) is 0 Å². The largest absolute Gasteiger partial charge is 0.477 e. The third kappa shape index (κ3) is 1.90. The van der Waals surface area contributed by atoms with Gasteiger partial charge in [-0.1, -0.05) is 13.3 Å². The molecule has 0 saturated carbocycles. The number of hydrogen-bond donors (Lipinski definition) is 3. The average molecular weight is 198 g/mol. The van der Waals surface area contributed by atoms with Crippen LogP contribution in [0.3, 0.4) is 0 Å². The molecule has 0 unspecified atom stereocenters. The number of carbonyl (C=O) groups is 1. The van der Waals surface area contributed by atoms with Crippen LogP contribution in [-0.4, -0.2) is 21.0 Å². The van der Waals surface area contributed by atoms with Crippen molar-refractivity contribution in [3.05, 3.63) is 32.1 Å². The number of aromatic nitrogens is 2. The Bertz CT molecular complexity index is 457. The maximum atomic E-state index is 11.2. The van der Waals surface area contributed by atoms with Gasteiger partial charge in [0.1, 0.15) is 5.69 Å². The highest BCUT2D eigenvalue weighted by atomic mass is 16.4. The van der Waals surface area contributed by atoms with Crippen molar-refractivity contribution in [2.45, 2.75) is 19.8 Å². The van der Waals surface area contributed by atoms with Crippen molar-refractivity contribution in [1.29, 1.82) is 0 Å². The normalized spacial score (nSPS) is 10.1. The Morgan fingerprint density at radius 2 is 2.00 bits per heavy atom. The highest BCUT2D eigenvalue weighted by Gasteiger charge is 2.14. The molecule has 6 heteroatoms. The van der Waals surface area contributed by atoms with E-state index < -0.39 is 17.2 Å². The number of carboxylic acids is 1. The van der Waals surface area contributed by atoms with Crippen molar-refractivity contribution >= 4 is 5.97 Å². The van der Waals surface area contributed by atoms with E-state index in [9.17, 15) is 14.4 Å². The van der Waals surface area contributed by atoms with Gasteiger partial charge in [-0.25, -0.2) is 9.59 Å². The fourth-order valence-electron chi connectivity index (χ4n) is 1.18. The molecule has 0 bridgehead atoms. The molecule has 0 spiro atoms. The van der Waals surface area contributed by atoms with E-state index in [1.165, 1.54) is 0 Å². The summed E-state index contributed by atoms with van der Waals surface area (Å²) in [5.74, 6) is -1.29. The van der Waals surface area contributed by atoms with Gasteiger partial charge in [0.15, 0.2) is 0 Å². The minimum absolute atomic E-state index is 0.111. The van der Waals surface area contributed by atoms with E-state index in [2.05, 4.69) is 4.98 Å². The lowest BCUT2D eigenvalue weighted by molar-refractivity contribution is 0.0688. The predicted octanol–water partition coefficient (Wildman–Crippen LogP) is -0.286. The smallest absolute Gasteiger partial charge is 0.352 e. The third-order valence-electron chi connectivity index (χ3n) is 1.76. The summed E-state index contributed by atoms with van der Waals surface area (Å²) in [5.41, 5.74) is -1.64. The average Bonchev–Trinajstić information content (AvgIpc) is 2.09. The summed E-state index contributed by atoms with van der Waals surface area (Å²) in [4.78, 5) is 36.8. The molecule has 1 heterocycles. The van der Waals surface area contributed by atoms with Crippen molar-refractivity contribution in [3.8, 4) is 0 Å². The molecule has 1 aromatic rings. The highest BCUT2D eigenvalue weighted by Crippen LogP contribution is 2.00. The maximum absolute atomic E-state index is 11.2. The van der Waals surface area contributed by atoms with E-state index >= 15 is 0 Å². The number of aromatic amines is 2. The molecule has 14 heavy (non-hydrogen) atoms. The molecule has 6 nitrogen and oxygen atoms in total. The first-order valence-corrected chi connectivity index (χ1v) is 4.15. The second-order valence-electron chi connectivity index (χ2n) is 2.82. The molecule has 0 aliphatic rings. The van der Waals surface area contributed by atoms with E-state index in [0.29, 0.717) is 12.8 Å². The van der Waals surface area contributed by atoms with Gasteiger partial charge in [-0.15, -0.1) is 0 Å². The van der Waals surface area contributed by atoms with Crippen LogP contribution in [-0.2, 0) is 6.42 Å². The van der Waals surface area contributed by atoms with Gasteiger partial charge in [0.05, 0.1) is 0 Å². The second kappa shape index (κ2) is 3.91. The van der Waals surface area contributed by atoms with Crippen molar-refractivity contribution in [2.24, 2.45) is 0 Å². The van der Waals surface area contributed by atoms with Gasteiger partial charge in [-0.05, 0) is 6.42 Å². The van der Waals surface area contributed by atoms with Crippen LogP contribution in [0.2, 0.25) is 0 Å². The quantitative estimate of drug-likeness (QED) is 0.621. The Morgan fingerprint density at radius 1 is 1.36 bits per heavy atom. The minimum atomic E-state index is -1.29. The second-order valence-corrected chi connectivity index (χ2v) is 2.82. The summed E-state index contributed by atoms with van der Waals surface area (Å²) in [7, 11) is 0. The molecule has 3 N–H and O–H groups in total. The van der Waals surface area contributed by atoms with Crippen LogP contribution in [0.5, 0.6) is 0 Å². The lowest BCUT2D eigenvalue weighted by atomic mass is 10.1. The number of nitrogens with one attached hydrogen (secondary N) is 2. The highest BCUT2D eigenvalue weighted by molar-refractivity contribution is 5.86. The fraction of sp³-hybridized carbons (Fsp3) is 0.375. The van der Waals surface area contributed by atoms with Gasteiger partial charge in [0, 0.05) is 5.56 Å². The maximum Gasteiger partial charge on any atom is 0.352 e. The Morgan fingerprint density at radius 3 is 2.50 bits per heavy atom. The molecule has 0 atom stereocenters. The van der Waals surface area contributed by atoms with Gasteiger partial charge < -0.3 is 10.1 Å². The number of aromatic carboxylic acids is 1. The molecule has 1 rings (SSSR count). The zero-order valence-electron chi connectivity index (χ0n) is 7.59. The van der Waals surface area contributed by atoms with E-state index in [-0.39, 0.29) is 11.3 Å². The van der Waals surface area contributed by atoms with E-state index in [4.69, 9.17) is 5.11 Å². The molecule has 0 aliphatic carbocycles. The van der Waals surface area contributed by atoms with Crippen LogP contribution >= 0.6 is 0 Å². The first kappa shape index (κ1) is 10.2. The Labute approximate surface area is 78.6 Å². The molecule has 0 aliphatic heterocycles. The molecule has 1 aromatic heterocycles. The minimum Gasteiger partial charge on any atom is -0.477 e. The van der Waals surface area contributed by atoms with E-state index in [1.54, 1.807) is 0 Å². The zero-order chi connectivity index (χ0) is 10.7. The molecule has 0 radical (unpaired) electrons. The van der Waals surface area contributed by atoms with Crippen molar-refractivity contribution in [1.82, 2.24) is 9.97 Å². The topological polar surface area (TPSA) is 103 Å². The standard InChI is InChI=1S/C8H10N2O4/c1-2-3-4-5(7(12)13)9-8(14)10-6(4)11/h2-3H2,1H3,(H,12,13)(H2,9,10,11,14). The zero-order valence-corrected chi connectivity index (χ0v) is 7.59. The Balaban J connectivity index is 3.44. The number of carboxylic acid groups (broad SMARTS) is 1. The van der Waals surface area contributed by atoms with Crippen LogP contribution in [0.15, 0.2) is 9.59 Å². The van der Waals surface area contributed by atoms with Crippen LogP contribution in [0.1, 0.15) is 29.4 Å². The van der Waals surface area contributed by atoms with Gasteiger partial charge >= 0.3 is 11.7 Å². The summed E-state index contributed by atoms with van der Waals surface area (Å²) in [6.45, 7) is 1.82. The van der Waals surface area contributed by atoms with Gasteiger partial charge in [-0.3, -0.25) is 9.78 Å². The number of hydrogen-bond acceptors (Lipinski definition) is 3. The Kier molecular flexibility index (Phi) is 2.85. The summed E-state index contributed by atoms with van der Waals surface area (Å²) >= 11 is 0. The van der Waals surface area contributed by atoms with E-state index in [1.807, 2.05) is 11.9 Å². The number of rotatable bonds is 3. The van der Waals surface area contributed by atoms with Gasteiger partial charge in [-0.2, -0.15) is 0 Å². The first-order chi connectivity index (χ1) is 6.56. The monoisotopic (exact) mass is 198 g/mol. The van der Waals surface area contributed by atoms with Gasteiger partial charge in [0.2, 0.25) is 0 Å².